The highest BCUT2D eigenvalue weighted by Crippen LogP contribution is 2.31. The van der Waals surface area contributed by atoms with Crippen LogP contribution >= 0.6 is 0 Å². The Morgan fingerprint density at radius 3 is 2.44 bits per heavy atom. The Hall–Kier alpha value is -2.67. The van der Waals surface area contributed by atoms with Crippen molar-refractivity contribution >= 4 is 0 Å². The van der Waals surface area contributed by atoms with Gasteiger partial charge >= 0.3 is 6.18 Å². The molecule has 140 valence electrons. The molecule has 1 fully saturated rings. The van der Waals surface area contributed by atoms with E-state index in [1.807, 2.05) is 30.3 Å². The minimum Gasteiger partial charge on any atom is -0.420 e. The Balaban J connectivity index is 1.38. The summed E-state index contributed by atoms with van der Waals surface area (Å²) >= 11 is 0. The molecule has 0 radical (unpaired) electrons. The zero-order valence-corrected chi connectivity index (χ0v) is 14.5. The van der Waals surface area contributed by atoms with E-state index in [9.17, 15) is 13.2 Å². The Bertz CT molecular complexity index is 891. The minimum absolute atomic E-state index is 0.143. The van der Waals surface area contributed by atoms with Crippen molar-refractivity contribution in [1.29, 1.82) is 0 Å². The fraction of sp³-hybridized carbons (Fsp3) is 0.300. The SMILES string of the molecule is FC(F)(F)c1ccc(CN2CC[C@H](c3nnc(-c4ccccc4)o3)C2)cc1. The van der Waals surface area contributed by atoms with Crippen molar-refractivity contribution in [2.75, 3.05) is 13.1 Å². The van der Waals surface area contributed by atoms with Gasteiger partial charge in [0.25, 0.3) is 0 Å². The summed E-state index contributed by atoms with van der Waals surface area (Å²) in [6, 6.07) is 14.9. The molecule has 0 saturated carbocycles. The highest BCUT2D eigenvalue weighted by Gasteiger charge is 2.31. The van der Waals surface area contributed by atoms with Crippen molar-refractivity contribution in [3.63, 3.8) is 0 Å². The van der Waals surface area contributed by atoms with E-state index in [1.54, 1.807) is 0 Å². The van der Waals surface area contributed by atoms with Gasteiger partial charge in [-0.3, -0.25) is 4.90 Å². The van der Waals surface area contributed by atoms with E-state index in [1.165, 1.54) is 12.1 Å². The molecule has 0 amide bonds. The number of benzene rings is 2. The van der Waals surface area contributed by atoms with Crippen LogP contribution in [0.2, 0.25) is 0 Å². The van der Waals surface area contributed by atoms with Gasteiger partial charge in [-0.2, -0.15) is 13.2 Å². The average Bonchev–Trinajstić information content (AvgIpc) is 3.31. The molecule has 0 aliphatic carbocycles. The van der Waals surface area contributed by atoms with Crippen LogP contribution in [0.5, 0.6) is 0 Å². The number of hydrogen-bond acceptors (Lipinski definition) is 4. The molecule has 0 bridgehead atoms. The number of halogens is 3. The average molecular weight is 373 g/mol. The van der Waals surface area contributed by atoms with E-state index in [4.69, 9.17) is 4.42 Å². The zero-order valence-electron chi connectivity index (χ0n) is 14.5. The van der Waals surface area contributed by atoms with Gasteiger partial charge in [-0.25, -0.2) is 0 Å². The molecule has 0 unspecified atom stereocenters. The fourth-order valence-corrected chi connectivity index (χ4v) is 3.33. The molecule has 0 N–H and O–H groups in total. The van der Waals surface area contributed by atoms with Gasteiger partial charge in [0.1, 0.15) is 0 Å². The zero-order chi connectivity index (χ0) is 18.9. The van der Waals surface area contributed by atoms with Crippen molar-refractivity contribution in [2.45, 2.75) is 25.1 Å². The lowest BCUT2D eigenvalue weighted by Crippen LogP contribution is -2.20. The summed E-state index contributed by atoms with van der Waals surface area (Å²) in [5.41, 5.74) is 1.12. The Kier molecular flexibility index (Phi) is 4.70. The summed E-state index contributed by atoms with van der Waals surface area (Å²) in [6.07, 6.45) is -3.41. The standard InChI is InChI=1S/C20H18F3N3O/c21-20(22,23)17-8-6-14(7-9-17)12-26-11-10-16(13-26)19-25-24-18(27-19)15-4-2-1-3-5-15/h1-9,16H,10-13H2/t16-/m0/s1. The topological polar surface area (TPSA) is 42.2 Å². The second-order valence-electron chi connectivity index (χ2n) is 6.73. The normalized spacial score (nSPS) is 18.1. The molecule has 7 heteroatoms. The molecule has 2 aromatic carbocycles. The molecule has 1 aliphatic rings. The van der Waals surface area contributed by atoms with E-state index in [-0.39, 0.29) is 5.92 Å². The maximum absolute atomic E-state index is 12.7. The summed E-state index contributed by atoms with van der Waals surface area (Å²) in [4.78, 5) is 2.19. The molecule has 1 aliphatic heterocycles. The van der Waals surface area contributed by atoms with Crippen molar-refractivity contribution in [3.8, 4) is 11.5 Å². The number of likely N-dealkylation sites (tertiary alicyclic amines) is 1. The van der Waals surface area contributed by atoms with Gasteiger partial charge in [-0.1, -0.05) is 30.3 Å². The number of aromatic nitrogens is 2. The van der Waals surface area contributed by atoms with Crippen LogP contribution in [0.4, 0.5) is 13.2 Å². The highest BCUT2D eigenvalue weighted by molar-refractivity contribution is 5.51. The second kappa shape index (κ2) is 7.15. The molecule has 4 nitrogen and oxygen atoms in total. The highest BCUT2D eigenvalue weighted by atomic mass is 19.4. The molecule has 1 aromatic heterocycles. The molecule has 4 rings (SSSR count). The van der Waals surface area contributed by atoms with Crippen LogP contribution in [0.15, 0.2) is 59.0 Å². The number of rotatable bonds is 4. The van der Waals surface area contributed by atoms with Gasteiger partial charge in [0, 0.05) is 18.7 Å². The van der Waals surface area contributed by atoms with Crippen LogP contribution in [0, 0.1) is 0 Å². The first kappa shape index (κ1) is 17.7. The van der Waals surface area contributed by atoms with Crippen LogP contribution in [-0.4, -0.2) is 28.2 Å². The first-order chi connectivity index (χ1) is 13.0. The van der Waals surface area contributed by atoms with Crippen molar-refractivity contribution in [1.82, 2.24) is 15.1 Å². The number of nitrogens with zero attached hydrogens (tertiary/aromatic N) is 3. The van der Waals surface area contributed by atoms with Crippen molar-refractivity contribution < 1.29 is 17.6 Å². The lowest BCUT2D eigenvalue weighted by molar-refractivity contribution is -0.137. The first-order valence-corrected chi connectivity index (χ1v) is 8.76. The molecule has 1 atom stereocenters. The van der Waals surface area contributed by atoms with E-state index in [0.717, 1.165) is 42.8 Å². The van der Waals surface area contributed by atoms with Crippen LogP contribution < -0.4 is 0 Å². The Morgan fingerprint density at radius 1 is 1.00 bits per heavy atom. The molecule has 1 saturated heterocycles. The molecule has 3 aromatic rings. The molecular weight excluding hydrogens is 355 g/mol. The number of hydrogen-bond donors (Lipinski definition) is 0. The molecular formula is C20H18F3N3O. The summed E-state index contributed by atoms with van der Waals surface area (Å²) in [5.74, 6) is 1.26. The van der Waals surface area contributed by atoms with Gasteiger partial charge in [0.05, 0.1) is 11.5 Å². The van der Waals surface area contributed by atoms with Gasteiger partial charge in [0.15, 0.2) is 0 Å². The predicted molar refractivity (Wildman–Crippen MR) is 93.8 cm³/mol. The predicted octanol–water partition coefficient (Wildman–Crippen LogP) is 4.74. The third-order valence-corrected chi connectivity index (χ3v) is 4.77. The Morgan fingerprint density at radius 2 is 1.74 bits per heavy atom. The molecule has 2 heterocycles. The van der Waals surface area contributed by atoms with Gasteiger partial charge < -0.3 is 4.42 Å². The van der Waals surface area contributed by atoms with E-state index >= 15 is 0 Å². The van der Waals surface area contributed by atoms with Crippen LogP contribution in [0.3, 0.4) is 0 Å². The number of alkyl halides is 3. The van der Waals surface area contributed by atoms with E-state index in [0.29, 0.717) is 18.3 Å². The summed E-state index contributed by atoms with van der Waals surface area (Å²) in [7, 11) is 0. The van der Waals surface area contributed by atoms with Gasteiger partial charge in [-0.15, -0.1) is 10.2 Å². The maximum atomic E-state index is 12.7. The Labute approximate surface area is 154 Å². The van der Waals surface area contributed by atoms with Crippen molar-refractivity contribution in [3.05, 3.63) is 71.6 Å². The third-order valence-electron chi connectivity index (χ3n) is 4.77. The monoisotopic (exact) mass is 373 g/mol. The summed E-state index contributed by atoms with van der Waals surface area (Å²) in [5, 5.41) is 8.32. The van der Waals surface area contributed by atoms with E-state index in [2.05, 4.69) is 15.1 Å². The van der Waals surface area contributed by atoms with Crippen LogP contribution in [0.1, 0.15) is 29.4 Å². The third kappa shape index (κ3) is 4.03. The van der Waals surface area contributed by atoms with Gasteiger partial charge in [-0.05, 0) is 42.8 Å². The van der Waals surface area contributed by atoms with Crippen molar-refractivity contribution in [2.24, 2.45) is 0 Å². The van der Waals surface area contributed by atoms with E-state index < -0.39 is 11.7 Å². The quantitative estimate of drug-likeness (QED) is 0.662. The van der Waals surface area contributed by atoms with Gasteiger partial charge in [0.2, 0.25) is 11.8 Å². The lowest BCUT2D eigenvalue weighted by atomic mass is 10.1. The largest absolute Gasteiger partial charge is 0.420 e. The first-order valence-electron chi connectivity index (χ1n) is 8.76. The maximum Gasteiger partial charge on any atom is 0.416 e. The van der Waals surface area contributed by atoms with Crippen LogP contribution in [0.25, 0.3) is 11.5 Å². The summed E-state index contributed by atoms with van der Waals surface area (Å²) < 4.78 is 43.8. The lowest BCUT2D eigenvalue weighted by Gasteiger charge is -2.16. The molecule has 27 heavy (non-hydrogen) atoms. The van der Waals surface area contributed by atoms with Crippen LogP contribution in [-0.2, 0) is 12.7 Å². The smallest absolute Gasteiger partial charge is 0.416 e. The minimum atomic E-state index is -4.30. The fourth-order valence-electron chi connectivity index (χ4n) is 3.33. The summed E-state index contributed by atoms with van der Waals surface area (Å²) in [6.45, 7) is 2.19. The second-order valence-corrected chi connectivity index (χ2v) is 6.73. The molecule has 0 spiro atoms.